The molecule has 0 unspecified atom stereocenters. The van der Waals surface area contributed by atoms with E-state index in [1.54, 1.807) is 97.1 Å². The van der Waals surface area contributed by atoms with E-state index in [0.717, 1.165) is 24.3 Å². The number of benzene rings is 6. The molecule has 6 aromatic rings. The maximum Gasteiger partial charge on any atom is 0.343 e. The van der Waals surface area contributed by atoms with Crippen molar-refractivity contribution in [1.82, 2.24) is 0 Å². The number of nitriles is 1. The van der Waals surface area contributed by atoms with Crippen molar-refractivity contribution < 1.29 is 90.5 Å². The summed E-state index contributed by atoms with van der Waals surface area (Å²) in [5, 5.41) is 17.8. The molecule has 0 heterocycles. The molecule has 3 amide bonds. The zero-order valence-corrected chi connectivity index (χ0v) is 51.9. The number of ether oxygens (including phenoxy) is 10. The molecule has 0 fully saturated rings. The molecule has 23 heteroatoms. The first-order valence-corrected chi connectivity index (χ1v) is 29.6. The summed E-state index contributed by atoms with van der Waals surface area (Å²) in [6.45, 7) is 17.4. The molecule has 6 aromatic carbocycles. The second-order valence-corrected chi connectivity index (χ2v) is 19.7. The van der Waals surface area contributed by atoms with Crippen molar-refractivity contribution >= 4 is 70.6 Å². The van der Waals surface area contributed by atoms with Crippen molar-refractivity contribution in [1.29, 1.82) is 5.26 Å². The van der Waals surface area contributed by atoms with E-state index in [9.17, 15) is 48.4 Å². The third-order valence-electron chi connectivity index (χ3n) is 12.6. The molecule has 0 bridgehead atoms. The largest absolute Gasteiger partial charge is 0.494 e. The summed E-state index contributed by atoms with van der Waals surface area (Å²) in [5.41, 5.74) is 2.16. The lowest BCUT2D eigenvalue weighted by molar-refractivity contribution is -0.138. The van der Waals surface area contributed by atoms with Gasteiger partial charge in [-0.3, -0.25) is 14.4 Å². The number of hydrogen-bond acceptors (Lipinski definition) is 20. The van der Waals surface area contributed by atoms with E-state index < -0.39 is 47.6 Å². The van der Waals surface area contributed by atoms with Gasteiger partial charge in [0.2, 0.25) is 5.91 Å². The molecule has 23 nitrogen and oxygen atoms in total. The van der Waals surface area contributed by atoms with Gasteiger partial charge in [0.05, 0.1) is 86.6 Å². The summed E-state index contributed by atoms with van der Waals surface area (Å²) >= 11 is 0. The number of esters is 6. The fourth-order valence-corrected chi connectivity index (χ4v) is 7.78. The van der Waals surface area contributed by atoms with Crippen LogP contribution in [0.1, 0.15) is 105 Å². The Hall–Kier alpha value is -11.8. The summed E-state index contributed by atoms with van der Waals surface area (Å²) < 4.78 is 53.2. The first-order chi connectivity index (χ1) is 45.5. The second kappa shape index (κ2) is 40.8. The van der Waals surface area contributed by atoms with Gasteiger partial charge in [0.1, 0.15) is 40.6 Å². The van der Waals surface area contributed by atoms with E-state index >= 15 is 0 Å². The Balaban J connectivity index is 0.000000341. The van der Waals surface area contributed by atoms with Gasteiger partial charge in [-0.1, -0.05) is 26.3 Å². The summed E-state index contributed by atoms with van der Waals surface area (Å²) in [5.74, 6) is -1.80. The highest BCUT2D eigenvalue weighted by molar-refractivity contribution is 6.08. The van der Waals surface area contributed by atoms with Gasteiger partial charge < -0.3 is 63.3 Å². The molecule has 94 heavy (non-hydrogen) atoms. The highest BCUT2D eigenvalue weighted by Gasteiger charge is 2.17. The van der Waals surface area contributed by atoms with Gasteiger partial charge in [-0.2, -0.15) is 5.26 Å². The number of unbranched alkanes of at least 4 members (excludes halogenated alkanes) is 4. The van der Waals surface area contributed by atoms with Crippen LogP contribution in [0.15, 0.2) is 184 Å². The summed E-state index contributed by atoms with van der Waals surface area (Å²) in [7, 11) is 0. The van der Waals surface area contributed by atoms with Crippen molar-refractivity contribution in [3.05, 3.63) is 212 Å². The topological polar surface area (TPSA) is 306 Å². The molecule has 0 aliphatic rings. The SMILES string of the molecule is C=CC(=O)OCCCCOc1ccc(C(=O)Nc2ccc(OC(=O)c3ccc(OCCCCOC(=O)C=C)cc3)cc2C#N)cc1.C=CC(=O)OCCCCOc1ccc(C(=O)Nc2ccc(OC(=O)c3ccc(OCCCCOC(=O)C=C)cc3)cc2NC(C)=O)cc1. The van der Waals surface area contributed by atoms with Gasteiger partial charge in [0, 0.05) is 54.5 Å². The molecule has 3 N–H and O–H groups in total. The van der Waals surface area contributed by atoms with Crippen LogP contribution in [0.5, 0.6) is 34.5 Å². The van der Waals surface area contributed by atoms with Crippen LogP contribution in [0.2, 0.25) is 0 Å². The third-order valence-corrected chi connectivity index (χ3v) is 12.6. The maximum atomic E-state index is 13.0. The number of nitrogens with one attached hydrogen (secondary N) is 3. The van der Waals surface area contributed by atoms with Crippen LogP contribution >= 0.6 is 0 Å². The van der Waals surface area contributed by atoms with E-state index in [2.05, 4.69) is 42.3 Å². The second-order valence-electron chi connectivity index (χ2n) is 19.7. The van der Waals surface area contributed by atoms with Crippen LogP contribution < -0.4 is 44.4 Å². The van der Waals surface area contributed by atoms with Crippen LogP contribution in [-0.2, 0) is 42.9 Å². The minimum absolute atomic E-state index is 0.111. The molecule has 0 saturated carbocycles. The van der Waals surface area contributed by atoms with Gasteiger partial charge in [-0.05, 0) is 173 Å². The van der Waals surface area contributed by atoms with E-state index in [1.165, 1.54) is 43.3 Å². The first-order valence-electron chi connectivity index (χ1n) is 29.6. The molecule has 0 atom stereocenters. The van der Waals surface area contributed by atoms with Gasteiger partial charge in [0.15, 0.2) is 0 Å². The Morgan fingerprint density at radius 2 is 0.649 bits per heavy atom. The Kier molecular flexibility index (Phi) is 31.6. The van der Waals surface area contributed by atoms with Crippen molar-refractivity contribution in [2.45, 2.75) is 58.3 Å². The van der Waals surface area contributed by atoms with Crippen molar-refractivity contribution in [3.8, 4) is 40.6 Å². The van der Waals surface area contributed by atoms with Gasteiger partial charge >= 0.3 is 35.8 Å². The van der Waals surface area contributed by atoms with Crippen LogP contribution in [-0.4, -0.2) is 106 Å². The van der Waals surface area contributed by atoms with E-state index in [1.807, 2.05) is 6.07 Å². The number of hydrogen-bond donors (Lipinski definition) is 3. The first kappa shape index (κ1) is 72.9. The quantitative estimate of drug-likeness (QED) is 0.0107. The zero-order chi connectivity index (χ0) is 67.9. The van der Waals surface area contributed by atoms with Crippen LogP contribution in [0.25, 0.3) is 0 Å². The average Bonchev–Trinajstić information content (AvgIpc) is 0.875. The van der Waals surface area contributed by atoms with Crippen LogP contribution in [0, 0.1) is 11.3 Å². The molecule has 0 aliphatic heterocycles. The molecule has 0 radical (unpaired) electrons. The third kappa shape index (κ3) is 27.1. The maximum absolute atomic E-state index is 13.0. The minimum Gasteiger partial charge on any atom is -0.494 e. The van der Waals surface area contributed by atoms with E-state index in [0.29, 0.717) is 118 Å². The smallest absolute Gasteiger partial charge is 0.343 e. The summed E-state index contributed by atoms with van der Waals surface area (Å²) in [6, 6.07) is 36.6. The number of carbonyl (C=O) groups excluding carboxylic acids is 9. The predicted octanol–water partition coefficient (Wildman–Crippen LogP) is 11.7. The van der Waals surface area contributed by atoms with Crippen molar-refractivity contribution in [3.63, 3.8) is 0 Å². The Morgan fingerprint density at radius 3 is 0.968 bits per heavy atom. The lowest BCUT2D eigenvalue weighted by atomic mass is 10.1. The standard InChI is InChI=1S/C36H38N2O10.C35H34N2O9/c1-4-33(40)46-22-8-6-20-44-28-14-10-26(11-15-28)35(42)38-31-19-18-30(24-32(31)37-25(3)39)48-36(43)27-12-16-29(17-13-27)45-21-7-9-23-47-34(41)5-2;1-3-32(38)44-21-7-5-19-42-28-13-9-25(10-14-28)34(40)37-31-18-17-30(23-27(31)24-36)46-35(41)26-11-15-29(16-12-26)43-20-6-8-22-45-33(39)4-2/h4-5,10-19,24H,1-2,6-9,20-23H2,3H3,(H,37,39)(H,38,42);3-4,9-18,23H,1-2,5-8,19-22H2,(H,37,40). The monoisotopic (exact) mass is 1280 g/mol. The van der Waals surface area contributed by atoms with E-state index in [4.69, 9.17) is 47.4 Å². The molecule has 0 saturated heterocycles. The molecule has 490 valence electrons. The Bertz CT molecular complexity index is 3620. The van der Waals surface area contributed by atoms with E-state index in [-0.39, 0.29) is 71.9 Å². The lowest BCUT2D eigenvalue weighted by Gasteiger charge is -2.14. The van der Waals surface area contributed by atoms with Gasteiger partial charge in [-0.25, -0.2) is 28.8 Å². The molecular weight excluding hydrogens is 1210 g/mol. The lowest BCUT2D eigenvalue weighted by Crippen LogP contribution is -2.16. The molecule has 0 spiro atoms. The molecular formula is C71H72N4O19. The van der Waals surface area contributed by atoms with Crippen LogP contribution in [0.4, 0.5) is 17.1 Å². The summed E-state index contributed by atoms with van der Waals surface area (Å²) in [6.07, 6.45) is 9.70. The number of rotatable bonds is 37. The Labute approximate surface area is 543 Å². The van der Waals surface area contributed by atoms with Crippen molar-refractivity contribution in [2.24, 2.45) is 0 Å². The van der Waals surface area contributed by atoms with Gasteiger partial charge in [-0.15, -0.1) is 0 Å². The Morgan fingerprint density at radius 1 is 0.362 bits per heavy atom. The fourth-order valence-electron chi connectivity index (χ4n) is 7.78. The molecule has 0 aliphatic carbocycles. The number of carbonyl (C=O) groups is 9. The van der Waals surface area contributed by atoms with Gasteiger partial charge in [0.25, 0.3) is 11.8 Å². The number of anilines is 3. The molecule has 6 rings (SSSR count). The summed E-state index contributed by atoms with van der Waals surface area (Å²) in [4.78, 5) is 107. The highest BCUT2D eigenvalue weighted by Crippen LogP contribution is 2.30. The average molecular weight is 1290 g/mol. The number of nitrogens with zero attached hydrogens (tertiary/aromatic N) is 1. The fraction of sp³-hybridized carbons (Fsp3) is 0.239. The van der Waals surface area contributed by atoms with Crippen molar-refractivity contribution in [2.75, 3.05) is 68.8 Å². The van der Waals surface area contributed by atoms with Crippen LogP contribution in [0.3, 0.4) is 0 Å². The normalized spacial score (nSPS) is 10.1. The minimum atomic E-state index is -0.630. The predicted molar refractivity (Wildman–Crippen MR) is 347 cm³/mol. The number of amides is 3. The zero-order valence-electron chi connectivity index (χ0n) is 51.9. The molecule has 0 aromatic heterocycles. The highest BCUT2D eigenvalue weighted by atomic mass is 16.6.